The Bertz CT molecular complexity index is 571. The molecular weight excluding hydrogens is 297 g/mol. The first-order chi connectivity index (χ1) is 8.68. The lowest BCUT2D eigenvalue weighted by Crippen LogP contribution is -2.23. The minimum Gasteiger partial charge on any atom is -0.348 e. The predicted octanol–water partition coefficient (Wildman–Crippen LogP) is 3.52. The van der Waals surface area contributed by atoms with E-state index in [4.69, 9.17) is 0 Å². The molecule has 4 heteroatoms. The number of nitrogens with one attached hydrogen (secondary N) is 1. The van der Waals surface area contributed by atoms with Crippen molar-refractivity contribution >= 4 is 21.8 Å². The van der Waals surface area contributed by atoms with E-state index in [1.807, 2.05) is 6.07 Å². The van der Waals surface area contributed by atoms with Gasteiger partial charge in [-0.25, -0.2) is 4.39 Å². The fourth-order valence-corrected chi connectivity index (χ4v) is 2.02. The molecule has 2 rings (SSSR count). The maximum atomic E-state index is 13.4. The van der Waals surface area contributed by atoms with Crippen LogP contribution in [0.5, 0.6) is 0 Å². The van der Waals surface area contributed by atoms with Gasteiger partial charge < -0.3 is 5.32 Å². The standard InChI is InChI=1S/C14H11BrFNO/c15-12-7-3-2-6-11(12)14(18)17-9-10-5-1-4-8-13(10)16/h1-8H,9H2,(H,17,18). The maximum Gasteiger partial charge on any atom is 0.252 e. The van der Waals surface area contributed by atoms with Crippen LogP contribution in [0.25, 0.3) is 0 Å². The van der Waals surface area contributed by atoms with E-state index in [1.54, 1.807) is 36.4 Å². The third-order valence-electron chi connectivity index (χ3n) is 2.52. The van der Waals surface area contributed by atoms with Crippen LogP contribution in [0.4, 0.5) is 4.39 Å². The van der Waals surface area contributed by atoms with Gasteiger partial charge in [0, 0.05) is 16.6 Å². The van der Waals surface area contributed by atoms with Crippen molar-refractivity contribution in [2.75, 3.05) is 0 Å². The van der Waals surface area contributed by atoms with Crippen molar-refractivity contribution in [3.05, 3.63) is 69.9 Å². The Morgan fingerprint density at radius 3 is 2.50 bits per heavy atom. The number of carbonyl (C=O) groups is 1. The van der Waals surface area contributed by atoms with E-state index in [0.717, 1.165) is 4.47 Å². The molecule has 0 atom stereocenters. The van der Waals surface area contributed by atoms with Crippen molar-refractivity contribution in [2.24, 2.45) is 0 Å². The predicted molar refractivity (Wildman–Crippen MR) is 71.7 cm³/mol. The first kappa shape index (κ1) is 12.8. The Labute approximate surface area is 113 Å². The fourth-order valence-electron chi connectivity index (χ4n) is 1.56. The quantitative estimate of drug-likeness (QED) is 0.923. The number of hydrogen-bond acceptors (Lipinski definition) is 1. The molecule has 1 amide bonds. The molecule has 0 aliphatic carbocycles. The minimum absolute atomic E-state index is 0.173. The zero-order valence-corrected chi connectivity index (χ0v) is 11.1. The first-order valence-corrected chi connectivity index (χ1v) is 6.24. The molecule has 2 aromatic carbocycles. The van der Waals surface area contributed by atoms with Crippen LogP contribution in [0.1, 0.15) is 15.9 Å². The van der Waals surface area contributed by atoms with Gasteiger partial charge in [-0.1, -0.05) is 30.3 Å². The third kappa shape index (κ3) is 2.96. The molecule has 0 saturated carbocycles. The zero-order chi connectivity index (χ0) is 13.0. The molecule has 0 bridgehead atoms. The van der Waals surface area contributed by atoms with Crippen LogP contribution in [-0.2, 0) is 6.54 Å². The summed E-state index contributed by atoms with van der Waals surface area (Å²) in [6.45, 7) is 0.173. The average molecular weight is 308 g/mol. The number of rotatable bonds is 3. The van der Waals surface area contributed by atoms with E-state index in [-0.39, 0.29) is 18.3 Å². The minimum atomic E-state index is -0.315. The Morgan fingerprint density at radius 2 is 1.78 bits per heavy atom. The molecule has 0 spiro atoms. The lowest BCUT2D eigenvalue weighted by molar-refractivity contribution is 0.0950. The van der Waals surface area contributed by atoms with Crippen molar-refractivity contribution in [1.29, 1.82) is 0 Å². The highest BCUT2D eigenvalue weighted by Crippen LogP contribution is 2.15. The molecule has 0 heterocycles. The fraction of sp³-hybridized carbons (Fsp3) is 0.0714. The molecule has 2 aromatic rings. The molecule has 0 unspecified atom stereocenters. The highest BCUT2D eigenvalue weighted by Gasteiger charge is 2.09. The van der Waals surface area contributed by atoms with Gasteiger partial charge in [-0.15, -0.1) is 0 Å². The van der Waals surface area contributed by atoms with E-state index in [0.29, 0.717) is 11.1 Å². The molecule has 0 fully saturated rings. The molecule has 0 saturated heterocycles. The Hall–Kier alpha value is -1.68. The van der Waals surface area contributed by atoms with Crippen LogP contribution in [0, 0.1) is 5.82 Å². The van der Waals surface area contributed by atoms with Gasteiger partial charge in [-0.2, -0.15) is 0 Å². The molecule has 0 aliphatic rings. The smallest absolute Gasteiger partial charge is 0.252 e. The van der Waals surface area contributed by atoms with Crippen LogP contribution in [0.15, 0.2) is 53.0 Å². The van der Waals surface area contributed by atoms with Gasteiger partial charge in [0.2, 0.25) is 0 Å². The van der Waals surface area contributed by atoms with Crippen LogP contribution >= 0.6 is 15.9 Å². The van der Waals surface area contributed by atoms with E-state index in [2.05, 4.69) is 21.2 Å². The second kappa shape index (κ2) is 5.78. The van der Waals surface area contributed by atoms with Crippen molar-refractivity contribution < 1.29 is 9.18 Å². The van der Waals surface area contributed by atoms with Gasteiger partial charge in [0.15, 0.2) is 0 Å². The Kier molecular flexibility index (Phi) is 4.10. The number of hydrogen-bond donors (Lipinski definition) is 1. The van der Waals surface area contributed by atoms with E-state index in [1.165, 1.54) is 6.07 Å². The normalized spacial score (nSPS) is 10.1. The Morgan fingerprint density at radius 1 is 1.11 bits per heavy atom. The van der Waals surface area contributed by atoms with Gasteiger partial charge in [0.25, 0.3) is 5.91 Å². The van der Waals surface area contributed by atoms with Gasteiger partial charge >= 0.3 is 0 Å². The number of carbonyl (C=O) groups excluding carboxylic acids is 1. The molecule has 2 nitrogen and oxygen atoms in total. The monoisotopic (exact) mass is 307 g/mol. The number of halogens is 2. The number of benzene rings is 2. The van der Waals surface area contributed by atoms with Crippen molar-refractivity contribution in [3.63, 3.8) is 0 Å². The van der Waals surface area contributed by atoms with Crippen molar-refractivity contribution in [3.8, 4) is 0 Å². The second-order valence-corrected chi connectivity index (χ2v) is 4.61. The van der Waals surface area contributed by atoms with Crippen LogP contribution in [0.2, 0.25) is 0 Å². The summed E-state index contributed by atoms with van der Waals surface area (Å²) in [5.74, 6) is -0.546. The second-order valence-electron chi connectivity index (χ2n) is 3.75. The molecule has 0 radical (unpaired) electrons. The number of amides is 1. The summed E-state index contributed by atoms with van der Waals surface area (Å²) >= 11 is 3.30. The molecule has 0 aliphatic heterocycles. The molecule has 0 aromatic heterocycles. The van der Waals surface area contributed by atoms with Crippen LogP contribution in [-0.4, -0.2) is 5.91 Å². The van der Waals surface area contributed by atoms with Crippen molar-refractivity contribution in [1.82, 2.24) is 5.32 Å². The lowest BCUT2D eigenvalue weighted by Gasteiger charge is -2.07. The van der Waals surface area contributed by atoms with Gasteiger partial charge in [0.1, 0.15) is 5.82 Å². The summed E-state index contributed by atoms with van der Waals surface area (Å²) in [5, 5.41) is 2.69. The summed E-state index contributed by atoms with van der Waals surface area (Å²) < 4.78 is 14.1. The van der Waals surface area contributed by atoms with E-state index in [9.17, 15) is 9.18 Å². The lowest BCUT2D eigenvalue weighted by atomic mass is 10.2. The van der Waals surface area contributed by atoms with Gasteiger partial charge in [-0.05, 0) is 34.1 Å². The molecule has 18 heavy (non-hydrogen) atoms. The van der Waals surface area contributed by atoms with Gasteiger partial charge in [0.05, 0.1) is 5.56 Å². The highest BCUT2D eigenvalue weighted by atomic mass is 79.9. The summed E-state index contributed by atoms with van der Waals surface area (Å²) in [6, 6.07) is 13.5. The maximum absolute atomic E-state index is 13.4. The molecule has 1 N–H and O–H groups in total. The summed E-state index contributed by atoms with van der Waals surface area (Å²) in [7, 11) is 0. The topological polar surface area (TPSA) is 29.1 Å². The SMILES string of the molecule is O=C(NCc1ccccc1F)c1ccccc1Br. The summed E-state index contributed by atoms with van der Waals surface area (Å²) in [5.41, 5.74) is 1.01. The molecule has 92 valence electrons. The highest BCUT2D eigenvalue weighted by molar-refractivity contribution is 9.10. The van der Waals surface area contributed by atoms with Gasteiger partial charge in [-0.3, -0.25) is 4.79 Å². The first-order valence-electron chi connectivity index (χ1n) is 5.44. The summed E-state index contributed by atoms with van der Waals surface area (Å²) in [6.07, 6.45) is 0. The van der Waals surface area contributed by atoms with E-state index < -0.39 is 0 Å². The van der Waals surface area contributed by atoms with Crippen molar-refractivity contribution in [2.45, 2.75) is 6.54 Å². The average Bonchev–Trinajstić information content (AvgIpc) is 2.38. The van der Waals surface area contributed by atoms with Crippen LogP contribution in [0.3, 0.4) is 0 Å². The zero-order valence-electron chi connectivity index (χ0n) is 9.49. The Balaban J connectivity index is 2.06. The largest absolute Gasteiger partial charge is 0.348 e. The summed E-state index contributed by atoms with van der Waals surface area (Å²) in [4.78, 5) is 11.9. The van der Waals surface area contributed by atoms with E-state index >= 15 is 0 Å². The molecular formula is C14H11BrFNO. The van der Waals surface area contributed by atoms with Crippen LogP contribution < -0.4 is 5.32 Å². The third-order valence-corrected chi connectivity index (χ3v) is 3.21.